The molecule has 0 radical (unpaired) electrons. The summed E-state index contributed by atoms with van der Waals surface area (Å²) in [5.41, 5.74) is 4.44. The van der Waals surface area contributed by atoms with E-state index in [4.69, 9.17) is 19.4 Å². The summed E-state index contributed by atoms with van der Waals surface area (Å²) in [6.45, 7) is 9.47. The largest absolute Gasteiger partial charge is 0.467 e. The van der Waals surface area contributed by atoms with Crippen LogP contribution < -0.4 is 9.64 Å². The standard InChI is InChI=1S/C30H42N5O4PS2.C2H6O.H2O/c1-3-7-23-21-31-29(32-22-23)34-14-12-26(13-15-34)39-30-33-27-9-8-25(20-28(27)41-30)24-10-16-35(17-11-24)42(36,37)19-6-5-18-40-38-4-2;1-2-3;/h8-10,20-22,26,40H,3-7,11-19H2,1-2H3;3H,2H2,1H3;1H2. The third kappa shape index (κ3) is 11.2. The van der Waals surface area contributed by atoms with Gasteiger partial charge in [0.2, 0.25) is 16.0 Å². The summed E-state index contributed by atoms with van der Waals surface area (Å²) in [7, 11) is -2.77. The van der Waals surface area contributed by atoms with Crippen molar-refractivity contribution < 1.29 is 28.3 Å². The Morgan fingerprint density at radius 3 is 2.48 bits per heavy atom. The topological polar surface area (TPSA) is 149 Å². The highest BCUT2D eigenvalue weighted by atomic mass is 32.2. The molecule has 0 aliphatic carbocycles. The molecule has 0 amide bonds. The van der Waals surface area contributed by atoms with Crippen molar-refractivity contribution in [2.45, 2.75) is 71.8 Å². The number of aryl methyl sites for hydroxylation is 1. The molecule has 2 aliphatic heterocycles. The van der Waals surface area contributed by atoms with Gasteiger partial charge in [-0.15, -0.1) is 0 Å². The number of nitrogens with zero attached hydrogens (tertiary/aromatic N) is 5. The Morgan fingerprint density at radius 2 is 1.83 bits per heavy atom. The fourth-order valence-electron chi connectivity index (χ4n) is 5.35. The maximum atomic E-state index is 12.8. The molecule has 46 heavy (non-hydrogen) atoms. The van der Waals surface area contributed by atoms with Crippen molar-refractivity contribution in [1.82, 2.24) is 19.3 Å². The zero-order chi connectivity index (χ0) is 32.1. The van der Waals surface area contributed by atoms with E-state index in [9.17, 15) is 8.42 Å². The van der Waals surface area contributed by atoms with Crippen LogP contribution in [0.5, 0.6) is 5.19 Å². The van der Waals surface area contributed by atoms with Crippen molar-refractivity contribution in [1.29, 1.82) is 0 Å². The third-order valence-corrected chi connectivity index (χ3v) is 11.6. The van der Waals surface area contributed by atoms with Crippen molar-refractivity contribution in [2.24, 2.45) is 0 Å². The minimum absolute atomic E-state index is 0. The second-order valence-corrected chi connectivity index (χ2v) is 15.3. The maximum Gasteiger partial charge on any atom is 0.274 e. The van der Waals surface area contributed by atoms with Crippen molar-refractivity contribution >= 4 is 51.9 Å². The normalized spacial score (nSPS) is 16.3. The van der Waals surface area contributed by atoms with E-state index in [1.54, 1.807) is 22.6 Å². The number of rotatable bonds is 14. The van der Waals surface area contributed by atoms with Crippen LogP contribution in [0.4, 0.5) is 5.95 Å². The van der Waals surface area contributed by atoms with E-state index in [1.807, 2.05) is 25.4 Å². The molecule has 0 saturated carbocycles. The van der Waals surface area contributed by atoms with Gasteiger partial charge in [0.05, 0.1) is 16.0 Å². The molecule has 3 aromatic rings. The number of aliphatic hydroxyl groups excluding tert-OH is 1. The van der Waals surface area contributed by atoms with Crippen LogP contribution in [0.15, 0.2) is 36.7 Å². The Hall–Kier alpha value is -2.25. The van der Waals surface area contributed by atoms with Crippen molar-refractivity contribution in [3.8, 4) is 5.19 Å². The summed E-state index contributed by atoms with van der Waals surface area (Å²) in [4.78, 5) is 16.1. The molecule has 2 aliphatic rings. The van der Waals surface area contributed by atoms with Gasteiger partial charge in [0.25, 0.3) is 5.19 Å². The Bertz CT molecular complexity index is 1460. The van der Waals surface area contributed by atoms with Gasteiger partial charge in [-0.25, -0.2) is 23.4 Å². The van der Waals surface area contributed by atoms with Crippen LogP contribution in [0.1, 0.15) is 70.4 Å². The number of sulfonamides is 1. The van der Waals surface area contributed by atoms with E-state index in [-0.39, 0.29) is 23.9 Å². The van der Waals surface area contributed by atoms with Crippen molar-refractivity contribution in [3.63, 3.8) is 0 Å². The number of thiazole rings is 1. The summed E-state index contributed by atoms with van der Waals surface area (Å²) in [5, 5.41) is 8.28. The number of fused-ring (bicyclic) bond motifs is 1. The number of aromatic nitrogens is 3. The first-order chi connectivity index (χ1) is 21.9. The average molecular weight is 696 g/mol. The predicted octanol–water partition coefficient (Wildman–Crippen LogP) is 5.09. The Labute approximate surface area is 279 Å². The van der Waals surface area contributed by atoms with Crippen LogP contribution in [0.25, 0.3) is 15.8 Å². The highest BCUT2D eigenvalue weighted by Gasteiger charge is 2.25. The molecule has 4 heterocycles. The molecule has 5 rings (SSSR count). The fraction of sp³-hybridized carbons (Fsp3) is 0.594. The Balaban J connectivity index is 0.00000139. The lowest BCUT2D eigenvalue weighted by molar-refractivity contribution is 0.170. The van der Waals surface area contributed by atoms with Crippen molar-refractivity contribution in [3.05, 3.63) is 47.8 Å². The summed E-state index contributed by atoms with van der Waals surface area (Å²) in [5.74, 6) is 1.01. The lowest BCUT2D eigenvalue weighted by atomic mass is 10.0. The van der Waals surface area contributed by atoms with Crippen LogP contribution in [0, 0.1) is 0 Å². The molecule has 0 spiro atoms. The fourth-order valence-corrected chi connectivity index (χ4v) is 8.51. The smallest absolute Gasteiger partial charge is 0.274 e. The van der Waals surface area contributed by atoms with Gasteiger partial charge < -0.3 is 24.7 Å². The molecule has 1 fully saturated rings. The number of piperidine rings is 1. The summed E-state index contributed by atoms with van der Waals surface area (Å²) >= 11 is 1.58. The van der Waals surface area contributed by atoms with Crippen LogP contribution in [-0.4, -0.2) is 95.7 Å². The Kier molecular flexibility index (Phi) is 16.2. The minimum atomic E-state index is -3.23. The van der Waals surface area contributed by atoms with Gasteiger partial charge >= 0.3 is 0 Å². The highest BCUT2D eigenvalue weighted by Crippen LogP contribution is 2.33. The first-order valence-corrected chi connectivity index (χ1v) is 19.7. The number of aliphatic hydroxyl groups is 1. The molecule has 3 N–H and O–H groups in total. The van der Waals surface area contributed by atoms with Crippen molar-refractivity contribution in [2.75, 3.05) is 56.2 Å². The summed E-state index contributed by atoms with van der Waals surface area (Å²) in [6, 6.07) is 6.30. The lowest BCUT2D eigenvalue weighted by Gasteiger charge is -2.31. The number of unbranched alkanes of at least 4 members (excludes halogenated alkanes) is 1. The molecule has 1 aromatic carbocycles. The highest BCUT2D eigenvalue weighted by molar-refractivity contribution is 7.89. The number of hydrogen-bond acceptors (Lipinski definition) is 10. The van der Waals surface area contributed by atoms with E-state index in [0.717, 1.165) is 79.7 Å². The predicted molar refractivity (Wildman–Crippen MR) is 190 cm³/mol. The van der Waals surface area contributed by atoms with Gasteiger partial charge in [0.1, 0.15) is 6.10 Å². The Morgan fingerprint density at radius 1 is 1.09 bits per heavy atom. The third-order valence-electron chi connectivity index (χ3n) is 7.71. The second-order valence-electron chi connectivity index (χ2n) is 11.1. The van der Waals surface area contributed by atoms with E-state index < -0.39 is 10.0 Å². The van der Waals surface area contributed by atoms with Gasteiger partial charge in [-0.1, -0.05) is 36.8 Å². The van der Waals surface area contributed by atoms with Gasteiger partial charge in [-0.2, -0.15) is 4.31 Å². The molecule has 1 saturated heterocycles. The van der Waals surface area contributed by atoms with Crippen LogP contribution in [-0.2, 0) is 21.0 Å². The van der Waals surface area contributed by atoms with Crippen LogP contribution in [0.2, 0.25) is 0 Å². The second kappa shape index (κ2) is 19.5. The molecule has 2 aromatic heterocycles. The summed E-state index contributed by atoms with van der Waals surface area (Å²) < 4.78 is 40.0. The van der Waals surface area contributed by atoms with Crippen LogP contribution in [0.3, 0.4) is 0 Å². The van der Waals surface area contributed by atoms with E-state index in [1.165, 1.54) is 11.1 Å². The zero-order valence-corrected chi connectivity index (χ0v) is 29.9. The molecule has 1 unspecified atom stereocenters. The molecular formula is C32H50N5O6PS2. The molecule has 256 valence electrons. The first-order valence-electron chi connectivity index (χ1n) is 16.1. The van der Waals surface area contributed by atoms with Crippen LogP contribution >= 0.6 is 20.1 Å². The molecule has 11 nitrogen and oxygen atoms in total. The average Bonchev–Trinajstić information content (AvgIpc) is 3.46. The quantitative estimate of drug-likeness (QED) is 0.180. The number of ether oxygens (including phenoxy) is 1. The van der Waals surface area contributed by atoms with Gasteiger partial charge in [0.15, 0.2) is 0 Å². The monoisotopic (exact) mass is 695 g/mol. The molecule has 0 bridgehead atoms. The SMILES string of the molecule is CCCc1cnc(N2CCC(Oc3nc4ccc(C5=CCN(S(=O)(=O)CCCCPOCC)CC5)cc4s3)CC2)nc1.CCO.O. The lowest BCUT2D eigenvalue weighted by Crippen LogP contribution is -2.39. The van der Waals surface area contributed by atoms with E-state index in [2.05, 4.69) is 40.0 Å². The zero-order valence-electron chi connectivity index (χ0n) is 27.3. The van der Waals surface area contributed by atoms with Gasteiger partial charge in [-0.05, 0) is 74.5 Å². The molecule has 14 heteroatoms. The van der Waals surface area contributed by atoms with Gasteiger partial charge in [-0.3, -0.25) is 0 Å². The number of benzene rings is 1. The maximum absolute atomic E-state index is 12.8. The first kappa shape index (κ1) is 38.2. The summed E-state index contributed by atoms with van der Waals surface area (Å²) in [6.07, 6.45) is 13.2. The minimum Gasteiger partial charge on any atom is -0.467 e. The van der Waals surface area contributed by atoms with Gasteiger partial charge in [0, 0.05) is 73.4 Å². The van der Waals surface area contributed by atoms with E-state index in [0.29, 0.717) is 39.9 Å². The number of anilines is 1. The molecule has 1 atom stereocenters. The van der Waals surface area contributed by atoms with E-state index >= 15 is 0 Å². The molecular weight excluding hydrogens is 645 g/mol. The number of hydrogen-bond donors (Lipinski definition) is 1.